The third-order valence-electron chi connectivity index (χ3n) is 5.12. The van der Waals surface area contributed by atoms with Crippen molar-refractivity contribution in [3.05, 3.63) is 61.5 Å². The minimum absolute atomic E-state index is 0.166. The summed E-state index contributed by atoms with van der Waals surface area (Å²) in [5.74, 6) is 0.0701. The summed E-state index contributed by atoms with van der Waals surface area (Å²) in [6, 6.07) is 8.13. The van der Waals surface area contributed by atoms with Gasteiger partial charge in [-0.1, -0.05) is 58.5 Å². The Bertz CT molecular complexity index is 945. The van der Waals surface area contributed by atoms with Crippen molar-refractivity contribution in [2.75, 3.05) is 13.2 Å². The zero-order valence-corrected chi connectivity index (χ0v) is 21.9. The number of rotatable bonds is 10. The van der Waals surface area contributed by atoms with Crippen LogP contribution in [-0.4, -0.2) is 35.9 Å². The first-order chi connectivity index (χ1) is 15.1. The number of hydrogen-bond acceptors (Lipinski definition) is 3. The van der Waals surface area contributed by atoms with Gasteiger partial charge in [-0.15, -0.1) is 0 Å². The first kappa shape index (κ1) is 26.5. The minimum Gasteiger partial charge on any atom is -0.484 e. The van der Waals surface area contributed by atoms with E-state index in [1.54, 1.807) is 25.1 Å². The Labute approximate surface area is 208 Å². The van der Waals surface area contributed by atoms with E-state index in [4.69, 9.17) is 27.9 Å². The lowest BCUT2D eigenvalue weighted by molar-refractivity contribution is -0.142. The quantitative estimate of drug-likeness (QED) is 0.369. The molecule has 1 atom stereocenters. The average molecular weight is 544 g/mol. The fourth-order valence-corrected chi connectivity index (χ4v) is 3.87. The van der Waals surface area contributed by atoms with Gasteiger partial charge in [-0.2, -0.15) is 0 Å². The largest absolute Gasteiger partial charge is 0.484 e. The summed E-state index contributed by atoms with van der Waals surface area (Å²) in [5.41, 5.74) is 2.73. The smallest absolute Gasteiger partial charge is 0.261 e. The van der Waals surface area contributed by atoms with Crippen LogP contribution in [0.5, 0.6) is 5.75 Å². The van der Waals surface area contributed by atoms with Crippen LogP contribution in [0.4, 0.5) is 0 Å². The van der Waals surface area contributed by atoms with Gasteiger partial charge in [0.2, 0.25) is 5.91 Å². The van der Waals surface area contributed by atoms with Crippen molar-refractivity contribution in [2.24, 2.45) is 0 Å². The lowest BCUT2D eigenvalue weighted by Crippen LogP contribution is -2.49. The number of nitrogens with one attached hydrogen (secondary N) is 1. The molecule has 8 heteroatoms. The summed E-state index contributed by atoms with van der Waals surface area (Å²) in [4.78, 5) is 27.3. The summed E-state index contributed by atoms with van der Waals surface area (Å²) in [6.45, 7) is 8.22. The molecule has 174 valence electrons. The second-order valence-electron chi connectivity index (χ2n) is 7.74. The van der Waals surface area contributed by atoms with E-state index < -0.39 is 6.04 Å². The predicted octanol–water partition coefficient (Wildman–Crippen LogP) is 6.09. The molecule has 2 aromatic rings. The number of amides is 2. The second kappa shape index (κ2) is 12.5. The van der Waals surface area contributed by atoms with Crippen molar-refractivity contribution in [3.8, 4) is 5.75 Å². The number of hydrogen-bond donors (Lipinski definition) is 1. The molecular formula is C24H29BrCl2N2O3. The molecule has 0 spiro atoms. The highest BCUT2D eigenvalue weighted by atomic mass is 79.9. The van der Waals surface area contributed by atoms with Crippen molar-refractivity contribution >= 4 is 50.9 Å². The van der Waals surface area contributed by atoms with Gasteiger partial charge >= 0.3 is 0 Å². The van der Waals surface area contributed by atoms with Gasteiger partial charge in [0.25, 0.3) is 5.91 Å². The van der Waals surface area contributed by atoms with Crippen LogP contribution in [0.2, 0.25) is 10.0 Å². The Balaban J connectivity index is 2.20. The Morgan fingerprint density at radius 1 is 1.16 bits per heavy atom. The maximum atomic E-state index is 13.2. The summed E-state index contributed by atoms with van der Waals surface area (Å²) >= 11 is 15.9. The Hall–Kier alpha value is -1.76. The molecule has 0 aromatic heterocycles. The molecule has 0 aliphatic carbocycles. The van der Waals surface area contributed by atoms with E-state index in [1.165, 1.54) is 4.90 Å². The van der Waals surface area contributed by atoms with Gasteiger partial charge in [-0.3, -0.25) is 9.59 Å². The standard InChI is InChI=1S/C24H29BrCl2N2O3/c1-5-6-9-28-24(31)17(4)29(13-18-7-8-19(26)12-21(18)27)22(30)14-32-20-10-15(2)23(25)16(3)11-20/h7-8,10-12,17H,5-6,9,13-14H2,1-4H3,(H,28,31). The van der Waals surface area contributed by atoms with E-state index in [2.05, 4.69) is 28.2 Å². The molecule has 2 rings (SSSR count). The summed E-state index contributed by atoms with van der Waals surface area (Å²) in [7, 11) is 0. The number of ether oxygens (including phenoxy) is 1. The third-order valence-corrected chi connectivity index (χ3v) is 6.96. The molecule has 0 radical (unpaired) electrons. The highest BCUT2D eigenvalue weighted by Gasteiger charge is 2.27. The fraction of sp³-hybridized carbons (Fsp3) is 0.417. The Kier molecular flexibility index (Phi) is 10.3. The monoisotopic (exact) mass is 542 g/mol. The highest BCUT2D eigenvalue weighted by molar-refractivity contribution is 9.10. The molecule has 2 aromatic carbocycles. The molecule has 2 amide bonds. The molecule has 5 nitrogen and oxygen atoms in total. The number of halogens is 3. The number of carbonyl (C=O) groups is 2. The van der Waals surface area contributed by atoms with Gasteiger partial charge in [0.1, 0.15) is 11.8 Å². The van der Waals surface area contributed by atoms with Crippen LogP contribution in [-0.2, 0) is 16.1 Å². The van der Waals surface area contributed by atoms with Gasteiger partial charge in [0, 0.05) is 27.6 Å². The van der Waals surface area contributed by atoms with Crippen LogP contribution in [0.3, 0.4) is 0 Å². The fourth-order valence-electron chi connectivity index (χ4n) is 3.17. The van der Waals surface area contributed by atoms with Gasteiger partial charge in [0.15, 0.2) is 6.61 Å². The van der Waals surface area contributed by atoms with E-state index in [-0.39, 0.29) is 25.0 Å². The topological polar surface area (TPSA) is 58.6 Å². The maximum Gasteiger partial charge on any atom is 0.261 e. The van der Waals surface area contributed by atoms with Crippen molar-refractivity contribution in [1.29, 1.82) is 0 Å². The van der Waals surface area contributed by atoms with Crippen LogP contribution in [0, 0.1) is 13.8 Å². The van der Waals surface area contributed by atoms with E-state index in [1.807, 2.05) is 26.0 Å². The van der Waals surface area contributed by atoms with Crippen molar-refractivity contribution in [1.82, 2.24) is 10.2 Å². The lowest BCUT2D eigenvalue weighted by Gasteiger charge is -2.29. The molecule has 0 saturated carbocycles. The van der Waals surface area contributed by atoms with E-state index in [9.17, 15) is 9.59 Å². The highest BCUT2D eigenvalue weighted by Crippen LogP contribution is 2.27. The van der Waals surface area contributed by atoms with Crippen LogP contribution < -0.4 is 10.1 Å². The Morgan fingerprint density at radius 3 is 2.41 bits per heavy atom. The second-order valence-corrected chi connectivity index (χ2v) is 9.37. The SMILES string of the molecule is CCCCNC(=O)C(C)N(Cc1ccc(Cl)cc1Cl)C(=O)COc1cc(C)c(Br)c(C)c1. The first-order valence-electron chi connectivity index (χ1n) is 10.5. The summed E-state index contributed by atoms with van der Waals surface area (Å²) in [5, 5.41) is 3.83. The van der Waals surface area contributed by atoms with Crippen molar-refractivity contribution in [3.63, 3.8) is 0 Å². The molecule has 0 fully saturated rings. The van der Waals surface area contributed by atoms with E-state index in [0.717, 1.165) is 28.4 Å². The van der Waals surface area contributed by atoms with Gasteiger partial charge in [0.05, 0.1) is 0 Å². The number of benzene rings is 2. The van der Waals surface area contributed by atoms with E-state index >= 15 is 0 Å². The first-order valence-corrected chi connectivity index (χ1v) is 12.1. The van der Waals surface area contributed by atoms with Gasteiger partial charge in [-0.05, 0) is 68.1 Å². The zero-order chi connectivity index (χ0) is 23.8. The molecule has 0 bridgehead atoms. The van der Waals surface area contributed by atoms with Gasteiger partial charge < -0.3 is 15.0 Å². The lowest BCUT2D eigenvalue weighted by atomic mass is 10.1. The Morgan fingerprint density at radius 2 is 1.81 bits per heavy atom. The summed E-state index contributed by atoms with van der Waals surface area (Å²) < 4.78 is 6.79. The van der Waals surface area contributed by atoms with E-state index in [0.29, 0.717) is 27.9 Å². The van der Waals surface area contributed by atoms with Crippen LogP contribution >= 0.6 is 39.1 Å². The summed E-state index contributed by atoms with van der Waals surface area (Å²) in [6.07, 6.45) is 1.85. The van der Waals surface area contributed by atoms with Crippen LogP contribution in [0.1, 0.15) is 43.4 Å². The maximum absolute atomic E-state index is 13.2. The molecule has 1 N–H and O–H groups in total. The molecule has 0 heterocycles. The zero-order valence-electron chi connectivity index (χ0n) is 18.8. The molecular weight excluding hydrogens is 515 g/mol. The molecule has 1 unspecified atom stereocenters. The minimum atomic E-state index is -0.692. The van der Waals surface area contributed by atoms with Gasteiger partial charge in [-0.25, -0.2) is 0 Å². The normalized spacial score (nSPS) is 11.7. The van der Waals surface area contributed by atoms with Crippen molar-refractivity contribution in [2.45, 2.75) is 53.1 Å². The molecule has 0 aliphatic rings. The molecule has 0 aliphatic heterocycles. The number of aryl methyl sites for hydroxylation is 2. The number of unbranched alkanes of at least 4 members (excludes halogenated alkanes) is 1. The number of nitrogens with zero attached hydrogens (tertiary/aromatic N) is 1. The molecule has 32 heavy (non-hydrogen) atoms. The predicted molar refractivity (Wildman–Crippen MR) is 134 cm³/mol. The molecule has 0 saturated heterocycles. The van der Waals surface area contributed by atoms with Crippen LogP contribution in [0.15, 0.2) is 34.8 Å². The number of carbonyl (C=O) groups excluding carboxylic acids is 2. The van der Waals surface area contributed by atoms with Crippen LogP contribution in [0.25, 0.3) is 0 Å². The average Bonchev–Trinajstić information content (AvgIpc) is 2.74. The third kappa shape index (κ3) is 7.39. The van der Waals surface area contributed by atoms with Crippen molar-refractivity contribution < 1.29 is 14.3 Å².